The molecule has 7 rings (SSSR count). The van der Waals surface area contributed by atoms with Crippen LogP contribution in [-0.4, -0.2) is 38.4 Å². The molecule has 0 saturated carbocycles. The molecule has 242 valence electrons. The van der Waals surface area contributed by atoms with E-state index in [0.717, 1.165) is 44.8 Å². The zero-order valence-corrected chi connectivity index (χ0v) is 26.9. The first-order valence-electron chi connectivity index (χ1n) is 16.2. The monoisotopic (exact) mass is 646 g/mol. The number of hydrogen-bond acceptors (Lipinski definition) is 6. The Morgan fingerprint density at radius 1 is 0.469 bits per heavy atom. The second kappa shape index (κ2) is 13.5. The molecule has 6 heteroatoms. The van der Waals surface area contributed by atoms with Gasteiger partial charge in [-0.1, -0.05) is 122 Å². The number of esters is 2. The second-order valence-electron chi connectivity index (χ2n) is 11.6. The lowest BCUT2D eigenvalue weighted by atomic mass is 9.65. The van der Waals surface area contributed by atoms with Crippen LogP contribution in [0.25, 0.3) is 32.7 Å². The standard InChI is InChI=1S/C43H34O6/c1-3-41(44)48-27-25-46-39-23-21-37(31-15-5-7-17-33(31)39)43(35-19-11-9-13-29(35)30-14-10-12-20-36(30)43)38-22-24-40(34-18-8-6-16-32(34)38)47-26-28-49-42(45)4-2/h3-24H,1-2,25-28H2. The fourth-order valence-corrected chi connectivity index (χ4v) is 7.11. The van der Waals surface area contributed by atoms with Crippen LogP contribution in [0.15, 0.2) is 147 Å². The van der Waals surface area contributed by atoms with Gasteiger partial charge in [-0.3, -0.25) is 0 Å². The van der Waals surface area contributed by atoms with E-state index in [1.165, 1.54) is 22.3 Å². The molecule has 0 fully saturated rings. The largest absolute Gasteiger partial charge is 0.489 e. The van der Waals surface area contributed by atoms with Gasteiger partial charge in [-0.2, -0.15) is 0 Å². The molecule has 1 aliphatic carbocycles. The molecule has 0 radical (unpaired) electrons. The number of benzene rings is 6. The highest BCUT2D eigenvalue weighted by Crippen LogP contribution is 2.59. The fourth-order valence-electron chi connectivity index (χ4n) is 7.11. The fraction of sp³-hybridized carbons (Fsp3) is 0.116. The Balaban J connectivity index is 1.44. The Labute approximate surface area is 284 Å². The van der Waals surface area contributed by atoms with Gasteiger partial charge in [0.1, 0.15) is 37.9 Å². The summed E-state index contributed by atoms with van der Waals surface area (Å²) in [4.78, 5) is 23.2. The average molecular weight is 647 g/mol. The number of ether oxygens (including phenoxy) is 4. The average Bonchev–Trinajstić information content (AvgIpc) is 3.45. The van der Waals surface area contributed by atoms with Gasteiger partial charge in [0.2, 0.25) is 0 Å². The molecule has 0 N–H and O–H groups in total. The topological polar surface area (TPSA) is 71.1 Å². The highest BCUT2D eigenvalue weighted by molar-refractivity contribution is 6.01. The van der Waals surface area contributed by atoms with Gasteiger partial charge in [-0.15, -0.1) is 0 Å². The van der Waals surface area contributed by atoms with Crippen molar-refractivity contribution in [2.75, 3.05) is 26.4 Å². The molecule has 0 aliphatic heterocycles. The third kappa shape index (κ3) is 5.51. The van der Waals surface area contributed by atoms with Crippen LogP contribution in [-0.2, 0) is 24.5 Å². The van der Waals surface area contributed by atoms with Crippen LogP contribution in [0, 0.1) is 0 Å². The molecule has 0 bridgehead atoms. The molecule has 0 unspecified atom stereocenters. The van der Waals surface area contributed by atoms with Crippen molar-refractivity contribution in [2.45, 2.75) is 5.41 Å². The van der Waals surface area contributed by atoms with E-state index in [9.17, 15) is 9.59 Å². The molecule has 0 amide bonds. The van der Waals surface area contributed by atoms with Crippen LogP contribution in [0.5, 0.6) is 11.5 Å². The Bertz CT molecular complexity index is 2070. The van der Waals surface area contributed by atoms with E-state index in [2.05, 4.69) is 110 Å². The van der Waals surface area contributed by atoms with E-state index in [4.69, 9.17) is 18.9 Å². The Kier molecular flexibility index (Phi) is 8.69. The highest BCUT2D eigenvalue weighted by atomic mass is 16.6. The minimum absolute atomic E-state index is 0.114. The van der Waals surface area contributed by atoms with Gasteiger partial charge in [0.25, 0.3) is 0 Å². The molecule has 6 aromatic rings. The molecule has 0 atom stereocenters. The minimum atomic E-state index is -0.706. The first-order chi connectivity index (χ1) is 24.1. The SMILES string of the molecule is C=CC(=O)OCCOc1ccc(C2(c3ccc(OCCOC(=O)C=C)c4ccccc34)c3ccccc3-c3ccccc32)c2ccccc12. The summed E-state index contributed by atoms with van der Waals surface area (Å²) in [6.45, 7) is 7.56. The van der Waals surface area contributed by atoms with E-state index in [1.807, 2.05) is 24.3 Å². The lowest BCUT2D eigenvalue weighted by molar-refractivity contribution is -0.139. The first-order valence-corrected chi connectivity index (χ1v) is 16.2. The second-order valence-corrected chi connectivity index (χ2v) is 11.6. The van der Waals surface area contributed by atoms with E-state index in [-0.39, 0.29) is 26.4 Å². The third-order valence-electron chi connectivity index (χ3n) is 9.03. The van der Waals surface area contributed by atoms with Crippen molar-refractivity contribution in [3.8, 4) is 22.6 Å². The Morgan fingerprint density at radius 3 is 1.29 bits per heavy atom. The van der Waals surface area contributed by atoms with Gasteiger partial charge in [-0.25, -0.2) is 9.59 Å². The molecule has 0 saturated heterocycles. The summed E-state index contributed by atoms with van der Waals surface area (Å²) in [6.07, 6.45) is 2.29. The van der Waals surface area contributed by atoms with E-state index < -0.39 is 17.4 Å². The number of carbonyl (C=O) groups excluding carboxylic acids is 2. The van der Waals surface area contributed by atoms with Crippen LogP contribution in [0.2, 0.25) is 0 Å². The van der Waals surface area contributed by atoms with Crippen molar-refractivity contribution < 1.29 is 28.5 Å². The summed E-state index contributed by atoms with van der Waals surface area (Å²) < 4.78 is 22.7. The van der Waals surface area contributed by atoms with Gasteiger partial charge in [-0.05, 0) is 56.3 Å². The van der Waals surface area contributed by atoms with Crippen LogP contribution in [0.1, 0.15) is 22.3 Å². The number of fused-ring (bicyclic) bond motifs is 5. The first kappa shape index (κ1) is 31.5. The van der Waals surface area contributed by atoms with Gasteiger partial charge < -0.3 is 18.9 Å². The quantitative estimate of drug-likeness (QED) is 0.0753. The summed E-state index contributed by atoms with van der Waals surface area (Å²) in [7, 11) is 0. The van der Waals surface area contributed by atoms with Crippen molar-refractivity contribution in [3.63, 3.8) is 0 Å². The Hall–Kier alpha value is -6.14. The van der Waals surface area contributed by atoms with Gasteiger partial charge >= 0.3 is 11.9 Å². The van der Waals surface area contributed by atoms with Crippen LogP contribution in [0.3, 0.4) is 0 Å². The number of hydrogen-bond donors (Lipinski definition) is 0. The maximum absolute atomic E-state index is 11.6. The summed E-state index contributed by atoms with van der Waals surface area (Å²) in [5.74, 6) is 0.442. The lowest BCUT2D eigenvalue weighted by Gasteiger charge is -2.36. The maximum atomic E-state index is 11.6. The summed E-state index contributed by atoms with van der Waals surface area (Å²) in [5, 5.41) is 4.00. The number of rotatable bonds is 12. The van der Waals surface area contributed by atoms with Crippen molar-refractivity contribution in [1.29, 1.82) is 0 Å². The molecule has 6 aromatic carbocycles. The van der Waals surface area contributed by atoms with Crippen molar-refractivity contribution in [2.24, 2.45) is 0 Å². The van der Waals surface area contributed by atoms with Gasteiger partial charge in [0, 0.05) is 22.9 Å². The predicted molar refractivity (Wildman–Crippen MR) is 192 cm³/mol. The van der Waals surface area contributed by atoms with Gasteiger partial charge in [0.05, 0.1) is 5.41 Å². The summed E-state index contributed by atoms with van der Waals surface area (Å²) in [5.41, 5.74) is 6.24. The lowest BCUT2D eigenvalue weighted by Crippen LogP contribution is -2.29. The molecule has 0 aromatic heterocycles. The van der Waals surface area contributed by atoms with Crippen LogP contribution in [0.4, 0.5) is 0 Å². The van der Waals surface area contributed by atoms with Gasteiger partial charge in [0.15, 0.2) is 0 Å². The van der Waals surface area contributed by atoms with Crippen molar-refractivity contribution in [1.82, 2.24) is 0 Å². The Morgan fingerprint density at radius 2 is 0.857 bits per heavy atom. The molecular formula is C43H34O6. The number of carbonyl (C=O) groups is 2. The molecule has 49 heavy (non-hydrogen) atoms. The van der Waals surface area contributed by atoms with Crippen LogP contribution >= 0.6 is 0 Å². The normalized spacial score (nSPS) is 12.5. The van der Waals surface area contributed by atoms with Crippen molar-refractivity contribution in [3.05, 3.63) is 169 Å². The van der Waals surface area contributed by atoms with Crippen LogP contribution < -0.4 is 9.47 Å². The van der Waals surface area contributed by atoms with E-state index >= 15 is 0 Å². The maximum Gasteiger partial charge on any atom is 0.330 e. The zero-order chi connectivity index (χ0) is 33.8. The zero-order valence-electron chi connectivity index (χ0n) is 26.9. The van der Waals surface area contributed by atoms with E-state index in [1.54, 1.807) is 0 Å². The summed E-state index contributed by atoms with van der Waals surface area (Å²) in [6, 6.07) is 42.2. The molecule has 1 aliphatic rings. The minimum Gasteiger partial charge on any atom is -0.489 e. The molecule has 0 spiro atoms. The smallest absolute Gasteiger partial charge is 0.330 e. The van der Waals surface area contributed by atoms with E-state index in [0.29, 0.717) is 11.5 Å². The highest BCUT2D eigenvalue weighted by Gasteiger charge is 2.47. The predicted octanol–water partition coefficient (Wildman–Crippen LogP) is 8.57. The van der Waals surface area contributed by atoms with Crippen molar-refractivity contribution >= 4 is 33.5 Å². The summed E-state index contributed by atoms with van der Waals surface area (Å²) >= 11 is 0. The molecule has 0 heterocycles. The molecule has 6 nitrogen and oxygen atoms in total. The molecular weight excluding hydrogens is 612 g/mol. The third-order valence-corrected chi connectivity index (χ3v) is 9.03.